The second kappa shape index (κ2) is 5.96. The normalized spacial score (nSPS) is 25.3. The van der Waals surface area contributed by atoms with Crippen molar-refractivity contribution in [2.45, 2.75) is 44.6 Å². The Morgan fingerprint density at radius 1 is 1.24 bits per heavy atom. The number of hydrogen-bond acceptors (Lipinski definition) is 3. The predicted octanol–water partition coefficient (Wildman–Crippen LogP) is 3.07. The molecule has 1 heterocycles. The molecule has 2 aliphatic rings. The van der Waals surface area contributed by atoms with E-state index in [0.717, 1.165) is 19.4 Å². The van der Waals surface area contributed by atoms with Gasteiger partial charge in [0.2, 0.25) is 0 Å². The van der Waals surface area contributed by atoms with Crippen LogP contribution < -0.4 is 10.5 Å². The van der Waals surface area contributed by atoms with Crippen molar-refractivity contribution in [1.82, 2.24) is 4.90 Å². The average Bonchev–Trinajstić information content (AvgIpc) is 2.53. The fraction of sp³-hybridized carbons (Fsp3) is 0.588. The number of benzene rings is 1. The average molecular weight is 288 g/mol. The van der Waals surface area contributed by atoms with Gasteiger partial charge in [0, 0.05) is 24.3 Å². The van der Waals surface area contributed by atoms with Crippen molar-refractivity contribution in [1.29, 1.82) is 0 Å². The number of amides is 1. The number of nitrogen functional groups attached to an aromatic ring is 1. The molecule has 2 atom stereocenters. The third-order valence-electron chi connectivity index (χ3n) is 4.99. The van der Waals surface area contributed by atoms with Crippen LogP contribution in [0, 0.1) is 5.92 Å². The molecule has 1 saturated carbocycles. The van der Waals surface area contributed by atoms with Crippen LogP contribution in [0.4, 0.5) is 5.69 Å². The molecule has 2 N–H and O–H groups in total. The Balaban J connectivity index is 1.83. The summed E-state index contributed by atoms with van der Waals surface area (Å²) in [5.41, 5.74) is 7.17. The van der Waals surface area contributed by atoms with Gasteiger partial charge in [-0.1, -0.05) is 12.8 Å². The summed E-state index contributed by atoms with van der Waals surface area (Å²) in [4.78, 5) is 15.0. The molecule has 1 aliphatic heterocycles. The van der Waals surface area contributed by atoms with E-state index in [0.29, 0.717) is 29.0 Å². The van der Waals surface area contributed by atoms with Gasteiger partial charge in [0.15, 0.2) is 0 Å². The predicted molar refractivity (Wildman–Crippen MR) is 83.4 cm³/mol. The first-order valence-corrected chi connectivity index (χ1v) is 7.95. The van der Waals surface area contributed by atoms with Gasteiger partial charge in [-0.05, 0) is 43.7 Å². The number of carbonyl (C=O) groups excluding carboxylic acids is 1. The van der Waals surface area contributed by atoms with Crippen LogP contribution in [0.1, 0.15) is 48.9 Å². The maximum atomic E-state index is 12.9. The van der Waals surface area contributed by atoms with Crippen LogP contribution in [0.15, 0.2) is 18.2 Å². The van der Waals surface area contributed by atoms with Gasteiger partial charge in [-0.2, -0.15) is 0 Å². The maximum absolute atomic E-state index is 12.9. The Bertz CT molecular complexity index is 528. The summed E-state index contributed by atoms with van der Waals surface area (Å²) in [5, 5.41) is 0. The van der Waals surface area contributed by atoms with Crippen molar-refractivity contribution in [2.24, 2.45) is 5.92 Å². The van der Waals surface area contributed by atoms with E-state index in [9.17, 15) is 4.79 Å². The van der Waals surface area contributed by atoms with Crippen molar-refractivity contribution >= 4 is 11.6 Å². The van der Waals surface area contributed by atoms with Crippen molar-refractivity contribution in [3.05, 3.63) is 23.8 Å². The molecule has 0 radical (unpaired) electrons. The molecule has 1 amide bonds. The second-order valence-corrected chi connectivity index (χ2v) is 6.21. The van der Waals surface area contributed by atoms with E-state index in [1.54, 1.807) is 19.2 Å². The molecule has 21 heavy (non-hydrogen) atoms. The topological polar surface area (TPSA) is 55.6 Å². The lowest BCUT2D eigenvalue weighted by Crippen LogP contribution is -2.49. The Morgan fingerprint density at radius 2 is 2.00 bits per heavy atom. The molecular formula is C17H24N2O2. The van der Waals surface area contributed by atoms with Crippen molar-refractivity contribution in [3.63, 3.8) is 0 Å². The van der Waals surface area contributed by atoms with Crippen molar-refractivity contribution < 1.29 is 9.53 Å². The monoisotopic (exact) mass is 288 g/mol. The highest BCUT2D eigenvalue weighted by molar-refractivity contribution is 5.99. The number of methoxy groups -OCH3 is 1. The Labute approximate surface area is 126 Å². The van der Waals surface area contributed by atoms with E-state index < -0.39 is 0 Å². The van der Waals surface area contributed by atoms with Crippen LogP contribution in [0.3, 0.4) is 0 Å². The number of piperidine rings is 1. The summed E-state index contributed by atoms with van der Waals surface area (Å²) in [6, 6.07) is 5.76. The van der Waals surface area contributed by atoms with Crippen LogP contribution in [0.25, 0.3) is 0 Å². The molecular weight excluding hydrogens is 264 g/mol. The van der Waals surface area contributed by atoms with Gasteiger partial charge in [-0.3, -0.25) is 4.79 Å². The number of likely N-dealkylation sites (tertiary alicyclic amines) is 1. The Hall–Kier alpha value is -1.71. The highest BCUT2D eigenvalue weighted by Gasteiger charge is 2.36. The van der Waals surface area contributed by atoms with Gasteiger partial charge in [0.1, 0.15) is 5.75 Å². The highest BCUT2D eigenvalue weighted by atomic mass is 16.5. The first-order chi connectivity index (χ1) is 10.2. The number of carbonyl (C=O) groups is 1. The molecule has 4 nitrogen and oxygen atoms in total. The number of nitrogens with two attached hydrogens (primary N) is 1. The summed E-state index contributed by atoms with van der Waals surface area (Å²) in [6.07, 6.45) is 7.35. The standard InChI is InChI=1S/C17H24N2O2/c1-21-13-8-9-14(15(18)11-13)17(20)19-10-4-6-12-5-2-3-7-16(12)19/h8-9,11-12,16H,2-7,10,18H2,1H3/t12-,16-/m1/s1. The minimum Gasteiger partial charge on any atom is -0.497 e. The Kier molecular flexibility index (Phi) is 4.04. The number of rotatable bonds is 2. The van der Waals surface area contributed by atoms with Crippen LogP contribution >= 0.6 is 0 Å². The third kappa shape index (κ3) is 2.71. The van der Waals surface area contributed by atoms with Crippen LogP contribution in [0.5, 0.6) is 5.75 Å². The minimum absolute atomic E-state index is 0.0896. The zero-order valence-electron chi connectivity index (χ0n) is 12.7. The molecule has 0 spiro atoms. The summed E-state index contributed by atoms with van der Waals surface area (Å²) in [5.74, 6) is 1.47. The second-order valence-electron chi connectivity index (χ2n) is 6.21. The number of ether oxygens (including phenoxy) is 1. The molecule has 1 saturated heterocycles. The van der Waals surface area contributed by atoms with E-state index in [2.05, 4.69) is 4.90 Å². The molecule has 4 heteroatoms. The highest BCUT2D eigenvalue weighted by Crippen LogP contribution is 2.36. The van der Waals surface area contributed by atoms with Gasteiger partial charge < -0.3 is 15.4 Å². The summed E-state index contributed by atoms with van der Waals surface area (Å²) >= 11 is 0. The van der Waals surface area contributed by atoms with E-state index in [4.69, 9.17) is 10.5 Å². The van der Waals surface area contributed by atoms with E-state index in [1.165, 1.54) is 25.7 Å². The molecule has 0 bridgehead atoms. The van der Waals surface area contributed by atoms with Gasteiger partial charge in [-0.25, -0.2) is 0 Å². The van der Waals surface area contributed by atoms with Crippen molar-refractivity contribution in [2.75, 3.05) is 19.4 Å². The first-order valence-electron chi connectivity index (χ1n) is 7.95. The zero-order valence-corrected chi connectivity index (χ0v) is 12.7. The van der Waals surface area contributed by atoms with Gasteiger partial charge >= 0.3 is 0 Å². The molecule has 1 aromatic carbocycles. The summed E-state index contributed by atoms with van der Waals surface area (Å²) < 4.78 is 5.16. The van der Waals surface area contributed by atoms with Crippen LogP contribution in [-0.2, 0) is 0 Å². The lowest BCUT2D eigenvalue weighted by Gasteiger charge is -2.44. The lowest BCUT2D eigenvalue weighted by atomic mass is 9.78. The molecule has 0 aromatic heterocycles. The quantitative estimate of drug-likeness (QED) is 0.851. The fourth-order valence-corrected chi connectivity index (χ4v) is 3.89. The molecule has 1 aliphatic carbocycles. The summed E-state index contributed by atoms with van der Waals surface area (Å²) in [6.45, 7) is 0.867. The first kappa shape index (κ1) is 14.2. The minimum atomic E-state index is 0.0896. The van der Waals surface area contributed by atoms with E-state index in [-0.39, 0.29) is 5.91 Å². The summed E-state index contributed by atoms with van der Waals surface area (Å²) in [7, 11) is 1.60. The zero-order chi connectivity index (χ0) is 14.8. The maximum Gasteiger partial charge on any atom is 0.256 e. The molecule has 114 valence electrons. The molecule has 0 unspecified atom stereocenters. The van der Waals surface area contributed by atoms with E-state index >= 15 is 0 Å². The lowest BCUT2D eigenvalue weighted by molar-refractivity contribution is 0.0391. The largest absolute Gasteiger partial charge is 0.497 e. The van der Waals surface area contributed by atoms with Crippen LogP contribution in [0.2, 0.25) is 0 Å². The van der Waals surface area contributed by atoms with Gasteiger partial charge in [0.05, 0.1) is 12.7 Å². The molecule has 3 rings (SSSR count). The van der Waals surface area contributed by atoms with Gasteiger partial charge in [0.25, 0.3) is 5.91 Å². The molecule has 1 aromatic rings. The smallest absolute Gasteiger partial charge is 0.256 e. The van der Waals surface area contributed by atoms with E-state index in [1.807, 2.05) is 6.07 Å². The number of nitrogens with zero attached hydrogens (tertiary/aromatic N) is 1. The molecule has 2 fully saturated rings. The number of fused-ring (bicyclic) bond motifs is 1. The van der Waals surface area contributed by atoms with Crippen LogP contribution in [-0.4, -0.2) is 30.5 Å². The number of anilines is 1. The van der Waals surface area contributed by atoms with Gasteiger partial charge in [-0.15, -0.1) is 0 Å². The fourth-order valence-electron chi connectivity index (χ4n) is 3.89. The third-order valence-corrected chi connectivity index (χ3v) is 4.99. The Morgan fingerprint density at radius 3 is 2.76 bits per heavy atom. The SMILES string of the molecule is COc1ccc(C(=O)N2CCC[C@H]3CCCC[C@H]32)c(N)c1. The van der Waals surface area contributed by atoms with Crippen molar-refractivity contribution in [3.8, 4) is 5.75 Å². The number of hydrogen-bond donors (Lipinski definition) is 1.